The SMILES string of the molecule is C1=CC2(Oc3cc4cnncc4cc31)C1CC3CC(C1)CC2C3. The van der Waals surface area contributed by atoms with Crippen LogP contribution in [0.15, 0.2) is 30.6 Å². The number of hydrogen-bond donors (Lipinski definition) is 0. The monoisotopic (exact) mass is 304 g/mol. The van der Waals surface area contributed by atoms with Crippen molar-refractivity contribution in [1.29, 1.82) is 0 Å². The summed E-state index contributed by atoms with van der Waals surface area (Å²) in [5.41, 5.74) is 1.15. The molecule has 0 radical (unpaired) electrons. The molecule has 0 N–H and O–H groups in total. The molecule has 0 saturated heterocycles. The maximum atomic E-state index is 6.77. The Kier molecular flexibility index (Phi) is 2.25. The molecule has 7 rings (SSSR count). The summed E-state index contributed by atoms with van der Waals surface area (Å²) in [6, 6.07) is 4.34. The van der Waals surface area contributed by atoms with Gasteiger partial charge in [0.15, 0.2) is 0 Å². The summed E-state index contributed by atoms with van der Waals surface area (Å²) in [4.78, 5) is 0. The second-order valence-electron chi connectivity index (χ2n) is 8.10. The molecule has 4 bridgehead atoms. The standard InChI is InChI=1S/C20H20N2O/c1-2-20(17-4-12-3-13(6-17)7-18(20)5-12)23-19-9-16-11-22-21-10-15(16)8-14(1)19/h1-2,8-13,17-18H,3-7H2. The van der Waals surface area contributed by atoms with E-state index in [1.165, 1.54) is 37.7 Å². The van der Waals surface area contributed by atoms with Gasteiger partial charge in [0.1, 0.15) is 11.4 Å². The van der Waals surface area contributed by atoms with Crippen molar-refractivity contribution >= 4 is 16.8 Å². The van der Waals surface area contributed by atoms with E-state index in [2.05, 4.69) is 34.5 Å². The predicted molar refractivity (Wildman–Crippen MR) is 89.0 cm³/mol. The quantitative estimate of drug-likeness (QED) is 0.730. The van der Waals surface area contributed by atoms with Gasteiger partial charge in [-0.2, -0.15) is 10.2 Å². The van der Waals surface area contributed by atoms with Gasteiger partial charge in [-0.1, -0.05) is 6.08 Å². The van der Waals surface area contributed by atoms with Crippen LogP contribution in [0.1, 0.15) is 37.7 Å². The molecule has 116 valence electrons. The van der Waals surface area contributed by atoms with E-state index < -0.39 is 0 Å². The first kappa shape index (κ1) is 12.5. The van der Waals surface area contributed by atoms with Gasteiger partial charge in [0.25, 0.3) is 0 Å². The van der Waals surface area contributed by atoms with Crippen molar-refractivity contribution in [2.45, 2.75) is 37.7 Å². The van der Waals surface area contributed by atoms with Crippen LogP contribution >= 0.6 is 0 Å². The van der Waals surface area contributed by atoms with E-state index in [0.29, 0.717) is 0 Å². The van der Waals surface area contributed by atoms with Crippen LogP contribution in [0.25, 0.3) is 16.8 Å². The lowest BCUT2D eigenvalue weighted by atomic mass is 9.49. The Morgan fingerprint density at radius 2 is 1.52 bits per heavy atom. The number of nitrogens with zero attached hydrogens (tertiary/aromatic N) is 2. The molecule has 4 fully saturated rings. The van der Waals surface area contributed by atoms with Gasteiger partial charge in [-0.15, -0.1) is 0 Å². The molecule has 0 amide bonds. The zero-order valence-corrected chi connectivity index (χ0v) is 13.1. The van der Waals surface area contributed by atoms with Crippen molar-refractivity contribution in [3.8, 4) is 5.75 Å². The van der Waals surface area contributed by atoms with Crippen LogP contribution in [0, 0.1) is 23.7 Å². The van der Waals surface area contributed by atoms with Gasteiger partial charge in [0.2, 0.25) is 0 Å². The number of hydrogen-bond acceptors (Lipinski definition) is 3. The summed E-state index contributed by atoms with van der Waals surface area (Å²) < 4.78 is 6.77. The van der Waals surface area contributed by atoms with Crippen LogP contribution in [0.2, 0.25) is 0 Å². The number of aromatic nitrogens is 2. The lowest BCUT2D eigenvalue weighted by Crippen LogP contribution is -2.60. The Hall–Kier alpha value is -1.90. The predicted octanol–water partition coefficient (Wildman–Crippen LogP) is 4.23. The summed E-state index contributed by atoms with van der Waals surface area (Å²) in [7, 11) is 0. The van der Waals surface area contributed by atoms with Gasteiger partial charge in [0, 0.05) is 28.2 Å². The van der Waals surface area contributed by atoms with Crippen LogP contribution in [-0.2, 0) is 0 Å². The minimum atomic E-state index is -0.0332. The fourth-order valence-corrected chi connectivity index (χ4v) is 6.07. The van der Waals surface area contributed by atoms with Crippen molar-refractivity contribution in [1.82, 2.24) is 10.2 Å². The van der Waals surface area contributed by atoms with Crippen LogP contribution < -0.4 is 4.74 Å². The van der Waals surface area contributed by atoms with E-state index in [4.69, 9.17) is 4.74 Å². The maximum absolute atomic E-state index is 6.77. The fraction of sp³-hybridized carbons (Fsp3) is 0.500. The highest BCUT2D eigenvalue weighted by atomic mass is 16.5. The van der Waals surface area contributed by atoms with E-state index in [-0.39, 0.29) is 5.60 Å². The summed E-state index contributed by atoms with van der Waals surface area (Å²) in [5, 5.41) is 10.3. The number of rotatable bonds is 0. The topological polar surface area (TPSA) is 35.0 Å². The third-order valence-corrected chi connectivity index (χ3v) is 6.90. The number of benzene rings is 1. The zero-order valence-electron chi connectivity index (χ0n) is 13.1. The van der Waals surface area contributed by atoms with Crippen molar-refractivity contribution < 1.29 is 4.74 Å². The van der Waals surface area contributed by atoms with E-state index in [1.807, 2.05) is 12.4 Å². The Bertz CT molecular complexity index is 813. The molecule has 2 heterocycles. The van der Waals surface area contributed by atoms with Crippen molar-refractivity contribution in [2.24, 2.45) is 23.7 Å². The second-order valence-corrected chi connectivity index (χ2v) is 8.10. The summed E-state index contributed by atoms with van der Waals surface area (Å²) >= 11 is 0. The average Bonchev–Trinajstić information content (AvgIpc) is 2.57. The minimum absolute atomic E-state index is 0.0332. The van der Waals surface area contributed by atoms with Gasteiger partial charge in [-0.25, -0.2) is 0 Å². The Labute approximate surface area is 135 Å². The molecule has 0 atom stereocenters. The molecule has 3 heteroatoms. The van der Waals surface area contributed by atoms with Gasteiger partial charge in [0.05, 0.1) is 12.4 Å². The molecule has 2 aromatic rings. The lowest BCUT2D eigenvalue weighted by molar-refractivity contribution is -0.128. The number of fused-ring (bicyclic) bond motifs is 2. The van der Waals surface area contributed by atoms with Crippen molar-refractivity contribution in [2.75, 3.05) is 0 Å². The van der Waals surface area contributed by atoms with Crippen LogP contribution in [0.3, 0.4) is 0 Å². The highest BCUT2D eigenvalue weighted by molar-refractivity contribution is 5.86. The minimum Gasteiger partial charge on any atom is -0.482 e. The third-order valence-electron chi connectivity index (χ3n) is 6.90. The fourth-order valence-electron chi connectivity index (χ4n) is 6.07. The normalized spacial score (nSPS) is 39.7. The Balaban J connectivity index is 1.48. The molecule has 5 aliphatic rings. The molecule has 1 aromatic heterocycles. The van der Waals surface area contributed by atoms with Gasteiger partial charge < -0.3 is 4.74 Å². The third kappa shape index (κ3) is 1.60. The molecule has 3 nitrogen and oxygen atoms in total. The Morgan fingerprint density at radius 1 is 0.870 bits per heavy atom. The summed E-state index contributed by atoms with van der Waals surface area (Å²) in [5.74, 6) is 4.41. The van der Waals surface area contributed by atoms with Crippen LogP contribution in [0.4, 0.5) is 0 Å². The first-order valence-corrected chi connectivity index (χ1v) is 8.93. The number of ether oxygens (including phenoxy) is 1. The second kappa shape index (κ2) is 4.14. The summed E-state index contributed by atoms with van der Waals surface area (Å²) in [6.07, 6.45) is 15.3. The molecule has 0 unspecified atom stereocenters. The molecule has 1 aromatic carbocycles. The molecule has 23 heavy (non-hydrogen) atoms. The highest BCUT2D eigenvalue weighted by Crippen LogP contribution is 2.61. The average molecular weight is 304 g/mol. The first-order chi connectivity index (χ1) is 11.3. The van der Waals surface area contributed by atoms with Crippen molar-refractivity contribution in [3.63, 3.8) is 0 Å². The smallest absolute Gasteiger partial charge is 0.133 e. The highest BCUT2D eigenvalue weighted by Gasteiger charge is 2.58. The Morgan fingerprint density at radius 3 is 2.22 bits per heavy atom. The molecule has 1 spiro atoms. The molecular formula is C20H20N2O. The van der Waals surface area contributed by atoms with E-state index in [9.17, 15) is 0 Å². The van der Waals surface area contributed by atoms with Crippen LogP contribution in [0.5, 0.6) is 5.75 Å². The van der Waals surface area contributed by atoms with E-state index in [0.717, 1.165) is 40.2 Å². The van der Waals surface area contributed by atoms with E-state index >= 15 is 0 Å². The lowest BCUT2D eigenvalue weighted by Gasteiger charge is -2.60. The van der Waals surface area contributed by atoms with Gasteiger partial charge >= 0.3 is 0 Å². The largest absolute Gasteiger partial charge is 0.482 e. The zero-order chi connectivity index (χ0) is 15.0. The van der Waals surface area contributed by atoms with E-state index in [1.54, 1.807) is 0 Å². The molecule has 4 aliphatic carbocycles. The van der Waals surface area contributed by atoms with Crippen molar-refractivity contribution in [3.05, 3.63) is 36.2 Å². The van der Waals surface area contributed by atoms with Gasteiger partial charge in [-0.05, 0) is 62.1 Å². The van der Waals surface area contributed by atoms with Gasteiger partial charge in [-0.3, -0.25) is 0 Å². The molecule has 4 saturated carbocycles. The maximum Gasteiger partial charge on any atom is 0.133 e. The first-order valence-electron chi connectivity index (χ1n) is 8.93. The van der Waals surface area contributed by atoms with Crippen LogP contribution in [-0.4, -0.2) is 15.8 Å². The molecule has 1 aliphatic heterocycles. The molecular weight excluding hydrogens is 284 g/mol. The summed E-state index contributed by atoms with van der Waals surface area (Å²) in [6.45, 7) is 0.